The van der Waals surface area contributed by atoms with Gasteiger partial charge in [-0.3, -0.25) is 0 Å². The van der Waals surface area contributed by atoms with Gasteiger partial charge >= 0.3 is 0 Å². The standard InChI is InChI=1S/C15H19NO/c1-12-5-2-3-6-13(10-9-12)15-8-4-7-14(11-16)17-15/h5-6,9-10,14-15H,2-4,7-8H2,1H3/b10-9-,12-5-,13-6?. The summed E-state index contributed by atoms with van der Waals surface area (Å²) in [6.07, 6.45) is 13.9. The zero-order valence-electron chi connectivity index (χ0n) is 10.4. The molecule has 0 amide bonds. The van der Waals surface area contributed by atoms with Crippen molar-refractivity contribution in [1.29, 1.82) is 5.26 Å². The smallest absolute Gasteiger partial charge is 0.144 e. The minimum absolute atomic E-state index is 0.121. The van der Waals surface area contributed by atoms with Crippen LogP contribution in [0.15, 0.2) is 35.5 Å². The molecule has 0 radical (unpaired) electrons. The lowest BCUT2D eigenvalue weighted by Gasteiger charge is -2.27. The second-order valence-corrected chi connectivity index (χ2v) is 4.74. The molecular weight excluding hydrogens is 210 g/mol. The van der Waals surface area contributed by atoms with E-state index in [1.54, 1.807) is 0 Å². The molecule has 17 heavy (non-hydrogen) atoms. The molecule has 1 aliphatic carbocycles. The monoisotopic (exact) mass is 229 g/mol. The molecule has 0 spiro atoms. The van der Waals surface area contributed by atoms with Crippen molar-refractivity contribution < 1.29 is 4.74 Å². The SMILES string of the molecule is CC1=C/CCC=C(C2CCCC(C#N)O2)/C=C\1. The number of hydrogen-bond acceptors (Lipinski definition) is 2. The van der Waals surface area contributed by atoms with Crippen LogP contribution in [0.2, 0.25) is 0 Å². The number of nitriles is 1. The van der Waals surface area contributed by atoms with Gasteiger partial charge in [-0.15, -0.1) is 0 Å². The van der Waals surface area contributed by atoms with Crippen LogP contribution >= 0.6 is 0 Å². The van der Waals surface area contributed by atoms with E-state index in [4.69, 9.17) is 10.00 Å². The topological polar surface area (TPSA) is 33.0 Å². The van der Waals surface area contributed by atoms with Gasteiger partial charge in [0.2, 0.25) is 0 Å². The molecule has 2 rings (SSSR count). The Balaban J connectivity index is 2.08. The molecule has 0 aromatic carbocycles. The van der Waals surface area contributed by atoms with E-state index in [0.29, 0.717) is 0 Å². The Hall–Kier alpha value is -1.33. The lowest BCUT2D eigenvalue weighted by Crippen LogP contribution is -2.27. The Morgan fingerprint density at radius 3 is 2.88 bits per heavy atom. The van der Waals surface area contributed by atoms with Crippen LogP contribution in [0, 0.1) is 11.3 Å². The fourth-order valence-electron chi connectivity index (χ4n) is 2.33. The minimum Gasteiger partial charge on any atom is -0.355 e. The van der Waals surface area contributed by atoms with E-state index in [1.807, 2.05) is 0 Å². The maximum absolute atomic E-state index is 8.93. The van der Waals surface area contributed by atoms with Gasteiger partial charge in [-0.1, -0.05) is 29.9 Å². The summed E-state index contributed by atoms with van der Waals surface area (Å²) in [6.45, 7) is 2.12. The summed E-state index contributed by atoms with van der Waals surface area (Å²) in [5.74, 6) is 0. The zero-order valence-corrected chi connectivity index (χ0v) is 10.4. The van der Waals surface area contributed by atoms with Gasteiger partial charge in [-0.05, 0) is 44.6 Å². The third-order valence-corrected chi connectivity index (χ3v) is 3.33. The van der Waals surface area contributed by atoms with Gasteiger partial charge in [0, 0.05) is 0 Å². The summed E-state index contributed by atoms with van der Waals surface area (Å²) in [5, 5.41) is 8.93. The third kappa shape index (κ3) is 3.31. The van der Waals surface area contributed by atoms with Crippen molar-refractivity contribution in [3.05, 3.63) is 35.5 Å². The molecule has 0 bridgehead atoms. The maximum atomic E-state index is 8.93. The van der Waals surface area contributed by atoms with Crippen LogP contribution in [0.25, 0.3) is 0 Å². The van der Waals surface area contributed by atoms with Crippen LogP contribution in [-0.4, -0.2) is 12.2 Å². The van der Waals surface area contributed by atoms with E-state index in [1.165, 1.54) is 11.1 Å². The highest BCUT2D eigenvalue weighted by Crippen LogP contribution is 2.26. The third-order valence-electron chi connectivity index (χ3n) is 3.33. The molecule has 0 aromatic rings. The van der Waals surface area contributed by atoms with Crippen molar-refractivity contribution in [3.8, 4) is 6.07 Å². The molecular formula is C15H19NO. The highest BCUT2D eigenvalue weighted by Gasteiger charge is 2.23. The molecule has 0 aromatic heterocycles. The van der Waals surface area contributed by atoms with Crippen molar-refractivity contribution in [2.24, 2.45) is 0 Å². The van der Waals surface area contributed by atoms with Gasteiger partial charge in [0.15, 0.2) is 0 Å². The molecule has 2 heteroatoms. The number of ether oxygens (including phenoxy) is 1. The molecule has 1 aliphatic heterocycles. The summed E-state index contributed by atoms with van der Waals surface area (Å²) in [4.78, 5) is 0. The van der Waals surface area contributed by atoms with Crippen LogP contribution < -0.4 is 0 Å². The van der Waals surface area contributed by atoms with Crippen molar-refractivity contribution in [2.75, 3.05) is 0 Å². The lowest BCUT2D eigenvalue weighted by atomic mass is 9.95. The number of rotatable bonds is 1. The highest BCUT2D eigenvalue weighted by atomic mass is 16.5. The average molecular weight is 229 g/mol. The molecule has 0 N–H and O–H groups in total. The fraction of sp³-hybridized carbons (Fsp3) is 0.533. The molecule has 2 unspecified atom stereocenters. The van der Waals surface area contributed by atoms with Crippen LogP contribution in [0.5, 0.6) is 0 Å². The zero-order chi connectivity index (χ0) is 12.1. The van der Waals surface area contributed by atoms with Gasteiger partial charge in [-0.2, -0.15) is 5.26 Å². The van der Waals surface area contributed by atoms with E-state index < -0.39 is 0 Å². The van der Waals surface area contributed by atoms with E-state index in [0.717, 1.165) is 32.1 Å². The summed E-state index contributed by atoms with van der Waals surface area (Å²) in [6, 6.07) is 2.22. The molecule has 1 fully saturated rings. The first kappa shape index (κ1) is 12.1. The summed E-state index contributed by atoms with van der Waals surface area (Å²) in [5.41, 5.74) is 2.56. The Morgan fingerprint density at radius 1 is 1.24 bits per heavy atom. The average Bonchev–Trinajstić information content (AvgIpc) is 2.34. The summed E-state index contributed by atoms with van der Waals surface area (Å²) >= 11 is 0. The van der Waals surface area contributed by atoms with E-state index >= 15 is 0 Å². The first-order valence-electron chi connectivity index (χ1n) is 6.39. The summed E-state index contributed by atoms with van der Waals surface area (Å²) < 4.78 is 5.81. The molecule has 2 nitrogen and oxygen atoms in total. The Kier molecular flexibility index (Phi) is 4.17. The minimum atomic E-state index is -0.217. The van der Waals surface area contributed by atoms with Gasteiger partial charge in [0.25, 0.3) is 0 Å². The number of allylic oxidation sites excluding steroid dienone is 4. The number of hydrogen-bond donors (Lipinski definition) is 0. The van der Waals surface area contributed by atoms with E-state index in [-0.39, 0.29) is 12.2 Å². The van der Waals surface area contributed by atoms with Crippen LogP contribution in [-0.2, 0) is 4.74 Å². The maximum Gasteiger partial charge on any atom is 0.144 e. The van der Waals surface area contributed by atoms with E-state index in [9.17, 15) is 0 Å². The van der Waals surface area contributed by atoms with Crippen molar-refractivity contribution in [2.45, 2.75) is 51.2 Å². The van der Waals surface area contributed by atoms with Crippen LogP contribution in [0.4, 0.5) is 0 Å². The van der Waals surface area contributed by atoms with Crippen LogP contribution in [0.3, 0.4) is 0 Å². The van der Waals surface area contributed by atoms with Crippen molar-refractivity contribution in [1.82, 2.24) is 0 Å². The second kappa shape index (κ2) is 5.84. The Labute approximate surface area is 103 Å². The Morgan fingerprint density at radius 2 is 2.06 bits per heavy atom. The molecule has 0 saturated carbocycles. The summed E-state index contributed by atoms with van der Waals surface area (Å²) in [7, 11) is 0. The highest BCUT2D eigenvalue weighted by molar-refractivity contribution is 5.31. The van der Waals surface area contributed by atoms with E-state index in [2.05, 4.69) is 37.3 Å². The molecule has 1 saturated heterocycles. The van der Waals surface area contributed by atoms with Gasteiger partial charge in [0.1, 0.15) is 6.10 Å². The van der Waals surface area contributed by atoms with Gasteiger partial charge in [0.05, 0.1) is 12.2 Å². The fourth-order valence-corrected chi connectivity index (χ4v) is 2.33. The van der Waals surface area contributed by atoms with Crippen molar-refractivity contribution in [3.63, 3.8) is 0 Å². The molecule has 2 aliphatic rings. The quantitative estimate of drug-likeness (QED) is 0.687. The van der Waals surface area contributed by atoms with Crippen LogP contribution in [0.1, 0.15) is 39.0 Å². The largest absolute Gasteiger partial charge is 0.355 e. The normalized spacial score (nSPS) is 34.6. The number of nitrogens with zero attached hydrogens (tertiary/aromatic N) is 1. The molecule has 1 heterocycles. The first-order valence-corrected chi connectivity index (χ1v) is 6.39. The van der Waals surface area contributed by atoms with Gasteiger partial charge in [-0.25, -0.2) is 0 Å². The van der Waals surface area contributed by atoms with Gasteiger partial charge < -0.3 is 4.74 Å². The predicted molar refractivity (Wildman–Crippen MR) is 68.3 cm³/mol. The first-order chi connectivity index (χ1) is 8.29. The molecule has 2 atom stereocenters. The molecule has 90 valence electrons. The Bertz CT molecular complexity index is 398. The second-order valence-electron chi connectivity index (χ2n) is 4.74. The van der Waals surface area contributed by atoms with Crippen molar-refractivity contribution >= 4 is 0 Å². The lowest BCUT2D eigenvalue weighted by molar-refractivity contribution is 0.00134. The predicted octanol–water partition coefficient (Wildman–Crippen LogP) is 3.67.